The Kier molecular flexibility index (Phi) is 3.11. The largest absolute Gasteiger partial charge is 0.264 e. The highest BCUT2D eigenvalue weighted by atomic mass is 32.1. The van der Waals surface area contributed by atoms with Crippen molar-refractivity contribution in [2.45, 2.75) is 26.7 Å². The summed E-state index contributed by atoms with van der Waals surface area (Å²) in [6.45, 7) is 4.27. The van der Waals surface area contributed by atoms with Gasteiger partial charge in [0.2, 0.25) is 0 Å². The van der Waals surface area contributed by atoms with Crippen molar-refractivity contribution in [3.63, 3.8) is 0 Å². The Morgan fingerprint density at radius 3 is 3.00 bits per heavy atom. The third kappa shape index (κ3) is 2.23. The van der Waals surface area contributed by atoms with Gasteiger partial charge in [0.15, 0.2) is 0 Å². The molecule has 0 N–H and O–H groups in total. The molecule has 78 valence electrons. The second-order valence-electron chi connectivity index (χ2n) is 3.58. The van der Waals surface area contributed by atoms with Crippen LogP contribution < -0.4 is 0 Å². The number of thiazole rings is 1. The molecule has 0 fully saturated rings. The van der Waals surface area contributed by atoms with E-state index in [-0.39, 0.29) is 0 Å². The van der Waals surface area contributed by atoms with Gasteiger partial charge < -0.3 is 0 Å². The van der Waals surface area contributed by atoms with E-state index >= 15 is 0 Å². The predicted octanol–water partition coefficient (Wildman–Crippen LogP) is 3.47. The van der Waals surface area contributed by atoms with Crippen molar-refractivity contribution in [1.29, 1.82) is 0 Å². The molecule has 0 spiro atoms. The topological polar surface area (TPSA) is 25.8 Å². The SMILES string of the molecule is CCCc1csc(-c2cnccc2C)n1. The molecule has 3 heteroatoms. The third-order valence-electron chi connectivity index (χ3n) is 2.33. The first kappa shape index (κ1) is 10.3. The zero-order chi connectivity index (χ0) is 10.7. The van der Waals surface area contributed by atoms with Crippen molar-refractivity contribution in [3.05, 3.63) is 35.1 Å². The number of pyridine rings is 1. The number of aromatic nitrogens is 2. The van der Waals surface area contributed by atoms with Crippen molar-refractivity contribution in [1.82, 2.24) is 9.97 Å². The quantitative estimate of drug-likeness (QED) is 0.788. The summed E-state index contributed by atoms with van der Waals surface area (Å²) in [5.74, 6) is 0. The van der Waals surface area contributed by atoms with Gasteiger partial charge in [-0.15, -0.1) is 11.3 Å². The van der Waals surface area contributed by atoms with E-state index in [0.717, 1.165) is 23.4 Å². The lowest BCUT2D eigenvalue weighted by molar-refractivity contribution is 0.893. The van der Waals surface area contributed by atoms with Gasteiger partial charge in [-0.05, 0) is 25.0 Å². The molecule has 0 amide bonds. The van der Waals surface area contributed by atoms with E-state index in [0.29, 0.717) is 0 Å². The van der Waals surface area contributed by atoms with Crippen LogP contribution in [0.3, 0.4) is 0 Å². The zero-order valence-electron chi connectivity index (χ0n) is 9.03. The van der Waals surface area contributed by atoms with Gasteiger partial charge in [-0.25, -0.2) is 4.98 Å². The van der Waals surface area contributed by atoms with E-state index in [2.05, 4.69) is 29.2 Å². The van der Waals surface area contributed by atoms with Gasteiger partial charge in [-0.3, -0.25) is 4.98 Å². The van der Waals surface area contributed by atoms with Crippen molar-refractivity contribution >= 4 is 11.3 Å². The fourth-order valence-electron chi connectivity index (χ4n) is 1.49. The minimum atomic E-state index is 1.07. The monoisotopic (exact) mass is 218 g/mol. The highest BCUT2D eigenvalue weighted by molar-refractivity contribution is 7.13. The molecule has 2 aromatic rings. The molecule has 2 aromatic heterocycles. The number of nitrogens with zero attached hydrogens (tertiary/aromatic N) is 2. The number of hydrogen-bond donors (Lipinski definition) is 0. The van der Waals surface area contributed by atoms with Crippen LogP contribution in [-0.4, -0.2) is 9.97 Å². The van der Waals surface area contributed by atoms with E-state index in [1.807, 2.05) is 18.5 Å². The molecule has 0 bridgehead atoms. The molecule has 2 heterocycles. The van der Waals surface area contributed by atoms with Gasteiger partial charge in [-0.2, -0.15) is 0 Å². The van der Waals surface area contributed by atoms with Crippen LogP contribution in [0.15, 0.2) is 23.8 Å². The van der Waals surface area contributed by atoms with Gasteiger partial charge in [-0.1, -0.05) is 13.3 Å². The fraction of sp³-hybridized carbons (Fsp3) is 0.333. The van der Waals surface area contributed by atoms with Crippen LogP contribution in [0.4, 0.5) is 0 Å². The van der Waals surface area contributed by atoms with Gasteiger partial charge >= 0.3 is 0 Å². The first-order valence-corrected chi connectivity index (χ1v) is 6.04. The van der Waals surface area contributed by atoms with Gasteiger partial charge in [0.25, 0.3) is 0 Å². The van der Waals surface area contributed by atoms with Crippen molar-refractivity contribution in [2.24, 2.45) is 0 Å². The fourth-order valence-corrected chi connectivity index (χ4v) is 2.42. The lowest BCUT2D eigenvalue weighted by atomic mass is 10.2. The maximum Gasteiger partial charge on any atom is 0.125 e. The molecule has 0 unspecified atom stereocenters. The summed E-state index contributed by atoms with van der Waals surface area (Å²) >= 11 is 1.71. The summed E-state index contributed by atoms with van der Waals surface area (Å²) in [7, 11) is 0. The van der Waals surface area contributed by atoms with E-state index in [4.69, 9.17) is 0 Å². The molecule has 0 aromatic carbocycles. The van der Waals surface area contributed by atoms with Crippen molar-refractivity contribution in [2.75, 3.05) is 0 Å². The van der Waals surface area contributed by atoms with Crippen LogP contribution in [0.2, 0.25) is 0 Å². The van der Waals surface area contributed by atoms with Crippen LogP contribution in [-0.2, 0) is 6.42 Å². The molecule has 0 saturated heterocycles. The number of hydrogen-bond acceptors (Lipinski definition) is 3. The standard InChI is InChI=1S/C12H14N2S/c1-3-4-10-8-15-12(14-10)11-7-13-6-5-9(11)2/h5-8H,3-4H2,1-2H3. The Hall–Kier alpha value is -1.22. The van der Waals surface area contributed by atoms with Crippen molar-refractivity contribution < 1.29 is 0 Å². The maximum atomic E-state index is 4.61. The molecule has 0 aliphatic carbocycles. The smallest absolute Gasteiger partial charge is 0.125 e. The minimum Gasteiger partial charge on any atom is -0.264 e. The van der Waals surface area contributed by atoms with E-state index in [1.165, 1.54) is 11.3 Å². The average molecular weight is 218 g/mol. The first-order chi connectivity index (χ1) is 7.31. The summed E-state index contributed by atoms with van der Waals surface area (Å²) in [5.41, 5.74) is 3.59. The summed E-state index contributed by atoms with van der Waals surface area (Å²) in [6.07, 6.45) is 5.92. The Labute approximate surface area is 94.0 Å². The van der Waals surface area contributed by atoms with E-state index in [1.54, 1.807) is 11.3 Å². The third-order valence-corrected chi connectivity index (χ3v) is 3.25. The van der Waals surface area contributed by atoms with Gasteiger partial charge in [0.05, 0.1) is 5.69 Å². The van der Waals surface area contributed by atoms with Crippen LogP contribution in [0.25, 0.3) is 10.6 Å². The molecule has 15 heavy (non-hydrogen) atoms. The minimum absolute atomic E-state index is 1.07. The lowest BCUT2D eigenvalue weighted by Crippen LogP contribution is -1.86. The summed E-state index contributed by atoms with van der Waals surface area (Å²) in [5, 5.41) is 3.23. The predicted molar refractivity (Wildman–Crippen MR) is 64.1 cm³/mol. The normalized spacial score (nSPS) is 10.5. The van der Waals surface area contributed by atoms with Crippen LogP contribution >= 0.6 is 11.3 Å². The van der Waals surface area contributed by atoms with Gasteiger partial charge in [0, 0.05) is 23.3 Å². The first-order valence-electron chi connectivity index (χ1n) is 5.16. The molecule has 0 aliphatic heterocycles. The highest BCUT2D eigenvalue weighted by Crippen LogP contribution is 2.26. The van der Waals surface area contributed by atoms with Gasteiger partial charge in [0.1, 0.15) is 5.01 Å². The molecular weight excluding hydrogens is 204 g/mol. The van der Waals surface area contributed by atoms with Crippen molar-refractivity contribution in [3.8, 4) is 10.6 Å². The van der Waals surface area contributed by atoms with Crippen LogP contribution in [0.1, 0.15) is 24.6 Å². The number of rotatable bonds is 3. The number of aryl methyl sites for hydroxylation is 2. The summed E-state index contributed by atoms with van der Waals surface area (Å²) in [4.78, 5) is 8.75. The van der Waals surface area contributed by atoms with E-state index < -0.39 is 0 Å². The molecule has 0 aliphatic rings. The van der Waals surface area contributed by atoms with Crippen LogP contribution in [0.5, 0.6) is 0 Å². The molecule has 0 saturated carbocycles. The Morgan fingerprint density at radius 2 is 2.27 bits per heavy atom. The summed E-state index contributed by atoms with van der Waals surface area (Å²) < 4.78 is 0. The maximum absolute atomic E-state index is 4.61. The second-order valence-corrected chi connectivity index (χ2v) is 4.44. The Balaban J connectivity index is 2.33. The highest BCUT2D eigenvalue weighted by Gasteiger charge is 2.06. The lowest BCUT2D eigenvalue weighted by Gasteiger charge is -1.99. The Bertz CT molecular complexity index is 448. The second kappa shape index (κ2) is 4.53. The molecule has 2 rings (SSSR count). The summed E-state index contributed by atoms with van der Waals surface area (Å²) in [6, 6.07) is 2.02. The van der Waals surface area contributed by atoms with E-state index in [9.17, 15) is 0 Å². The molecule has 0 atom stereocenters. The Morgan fingerprint density at radius 1 is 1.40 bits per heavy atom. The molecule has 0 radical (unpaired) electrons. The molecule has 2 nitrogen and oxygen atoms in total. The van der Waals surface area contributed by atoms with Crippen LogP contribution in [0, 0.1) is 6.92 Å². The average Bonchev–Trinajstić information content (AvgIpc) is 2.68. The zero-order valence-corrected chi connectivity index (χ0v) is 9.84. The molecular formula is C12H14N2S.